The van der Waals surface area contributed by atoms with E-state index in [0.717, 1.165) is 34.1 Å². The zero-order chi connectivity index (χ0) is 22.9. The van der Waals surface area contributed by atoms with Crippen molar-refractivity contribution in [1.82, 2.24) is 9.80 Å². The number of anilines is 1. The lowest BCUT2D eigenvalue weighted by Gasteiger charge is -2.41. The van der Waals surface area contributed by atoms with Gasteiger partial charge in [-0.1, -0.05) is 24.3 Å². The lowest BCUT2D eigenvalue weighted by molar-refractivity contribution is 0.145. The second-order valence-corrected chi connectivity index (χ2v) is 8.43. The monoisotopic (exact) mass is 444 g/mol. The van der Waals surface area contributed by atoms with E-state index in [4.69, 9.17) is 9.73 Å². The number of benzene rings is 3. The molecule has 168 valence electrons. The fourth-order valence-electron chi connectivity index (χ4n) is 4.28. The summed E-state index contributed by atoms with van der Waals surface area (Å²) in [6, 6.07) is 19.5. The molecule has 1 fully saturated rings. The molecule has 0 spiro atoms. The third-order valence-corrected chi connectivity index (χ3v) is 5.95. The van der Waals surface area contributed by atoms with E-state index in [1.807, 2.05) is 56.3 Å². The van der Waals surface area contributed by atoms with E-state index in [0.29, 0.717) is 25.3 Å². The number of aliphatic imine (C=N–C) groups is 1. The Hall–Kier alpha value is -3.87. The molecule has 1 saturated heterocycles. The third kappa shape index (κ3) is 4.26. The smallest absolute Gasteiger partial charge is 0.322 e. The first kappa shape index (κ1) is 21.0. The number of urea groups is 1. The Bertz CT molecular complexity index is 1240. The zero-order valence-electron chi connectivity index (χ0n) is 18.6. The minimum absolute atomic E-state index is 0.0659. The number of nitrogens with one attached hydrogen (secondary N) is 1. The number of aryl methyl sites for hydroxylation is 1. The Balaban J connectivity index is 1.39. The van der Waals surface area contributed by atoms with Gasteiger partial charge in [0.15, 0.2) is 5.75 Å². The van der Waals surface area contributed by atoms with Crippen LogP contribution in [0.25, 0.3) is 0 Å². The van der Waals surface area contributed by atoms with Crippen LogP contribution in [0.3, 0.4) is 0 Å². The summed E-state index contributed by atoms with van der Waals surface area (Å²) in [6.45, 7) is 5.79. The predicted octanol–water partition coefficient (Wildman–Crippen LogP) is 5.56. The largest absolute Gasteiger partial charge is 0.454 e. The van der Waals surface area contributed by atoms with E-state index in [-0.39, 0.29) is 17.9 Å². The molecule has 3 aromatic rings. The van der Waals surface area contributed by atoms with E-state index in [1.165, 1.54) is 12.1 Å². The van der Waals surface area contributed by atoms with Gasteiger partial charge in [-0.25, -0.2) is 14.2 Å². The number of para-hydroxylation sites is 1. The summed E-state index contributed by atoms with van der Waals surface area (Å²) in [5.74, 6) is 1.96. The van der Waals surface area contributed by atoms with Crippen LogP contribution in [0.5, 0.6) is 11.5 Å². The van der Waals surface area contributed by atoms with Gasteiger partial charge in [0.25, 0.3) is 0 Å². The van der Waals surface area contributed by atoms with Gasteiger partial charge in [0, 0.05) is 31.4 Å². The van der Waals surface area contributed by atoms with Crippen LogP contribution in [0, 0.1) is 12.7 Å². The number of carbonyl (C=O) groups excluding carboxylic acids is 1. The van der Waals surface area contributed by atoms with Gasteiger partial charge < -0.3 is 19.9 Å². The first-order valence-corrected chi connectivity index (χ1v) is 11.0. The van der Waals surface area contributed by atoms with Crippen LogP contribution in [-0.4, -0.2) is 47.3 Å². The van der Waals surface area contributed by atoms with E-state index >= 15 is 0 Å². The number of hydrogen-bond acceptors (Lipinski definition) is 4. The zero-order valence-corrected chi connectivity index (χ0v) is 18.6. The molecule has 6 nitrogen and oxygen atoms in total. The van der Waals surface area contributed by atoms with Crippen molar-refractivity contribution in [1.29, 1.82) is 0 Å². The SMILES string of the molecule is Cc1ccc2c(c1)Oc1ccccc1C(N1CCN(C(=O)Nc3cccc(F)c3)C(C)C1)=N2. The Morgan fingerprint density at radius 3 is 2.73 bits per heavy atom. The number of carbonyl (C=O) groups is 1. The Morgan fingerprint density at radius 2 is 1.91 bits per heavy atom. The molecule has 0 radical (unpaired) electrons. The minimum atomic E-state index is -0.381. The summed E-state index contributed by atoms with van der Waals surface area (Å²) in [7, 11) is 0. The van der Waals surface area contributed by atoms with Crippen molar-refractivity contribution in [3.63, 3.8) is 0 Å². The Labute approximate surface area is 192 Å². The van der Waals surface area contributed by atoms with Gasteiger partial charge in [0.2, 0.25) is 0 Å². The lowest BCUT2D eigenvalue weighted by Crippen LogP contribution is -2.56. The molecular weight excluding hydrogens is 419 g/mol. The fourth-order valence-corrected chi connectivity index (χ4v) is 4.28. The van der Waals surface area contributed by atoms with Gasteiger partial charge in [-0.2, -0.15) is 0 Å². The number of nitrogens with zero attached hydrogens (tertiary/aromatic N) is 3. The second kappa shape index (κ2) is 8.58. The Kier molecular flexibility index (Phi) is 5.46. The highest BCUT2D eigenvalue weighted by molar-refractivity contribution is 6.04. The van der Waals surface area contributed by atoms with Crippen molar-refractivity contribution in [3.8, 4) is 11.5 Å². The third-order valence-electron chi connectivity index (χ3n) is 5.95. The highest BCUT2D eigenvalue weighted by Crippen LogP contribution is 2.38. The Morgan fingerprint density at radius 1 is 1.06 bits per heavy atom. The van der Waals surface area contributed by atoms with Crippen LogP contribution in [0.2, 0.25) is 0 Å². The summed E-state index contributed by atoms with van der Waals surface area (Å²) in [5, 5.41) is 2.80. The molecule has 2 amide bonds. The molecule has 33 heavy (non-hydrogen) atoms. The molecule has 1 atom stereocenters. The number of fused-ring (bicyclic) bond motifs is 2. The average molecular weight is 445 g/mol. The van der Waals surface area contributed by atoms with Gasteiger partial charge in [-0.05, 0) is 61.9 Å². The van der Waals surface area contributed by atoms with Crippen molar-refractivity contribution in [2.75, 3.05) is 25.0 Å². The molecule has 2 aliphatic rings. The number of rotatable bonds is 1. The molecule has 1 unspecified atom stereocenters. The number of amides is 2. The number of piperazine rings is 1. The number of amidine groups is 1. The van der Waals surface area contributed by atoms with Gasteiger partial charge in [-0.15, -0.1) is 0 Å². The molecule has 0 saturated carbocycles. The lowest BCUT2D eigenvalue weighted by atomic mass is 10.1. The van der Waals surface area contributed by atoms with Gasteiger partial charge in [0.1, 0.15) is 23.1 Å². The van der Waals surface area contributed by atoms with Crippen LogP contribution in [0.4, 0.5) is 20.6 Å². The highest BCUT2D eigenvalue weighted by Gasteiger charge is 2.31. The van der Waals surface area contributed by atoms with Crippen LogP contribution in [0.15, 0.2) is 71.7 Å². The molecule has 3 aromatic carbocycles. The van der Waals surface area contributed by atoms with Crippen molar-refractivity contribution < 1.29 is 13.9 Å². The molecule has 5 rings (SSSR count). The maximum absolute atomic E-state index is 13.5. The molecule has 0 bridgehead atoms. The molecule has 7 heteroatoms. The predicted molar refractivity (Wildman–Crippen MR) is 127 cm³/mol. The van der Waals surface area contributed by atoms with Crippen molar-refractivity contribution >= 4 is 23.2 Å². The molecule has 0 aliphatic carbocycles. The topological polar surface area (TPSA) is 57.2 Å². The fraction of sp³-hybridized carbons (Fsp3) is 0.231. The van der Waals surface area contributed by atoms with E-state index in [2.05, 4.69) is 10.2 Å². The summed E-state index contributed by atoms with van der Waals surface area (Å²) in [4.78, 5) is 21.8. The standard InChI is InChI=1S/C26H25FN4O2/c1-17-10-11-22-24(14-17)33-23-9-4-3-8-21(23)25(29-22)30-12-13-31(18(2)16-30)26(32)28-20-7-5-6-19(27)15-20/h3-11,14-15,18H,12-13,16H2,1-2H3,(H,28,32). The molecule has 2 aliphatic heterocycles. The van der Waals surface area contributed by atoms with Crippen LogP contribution >= 0.6 is 0 Å². The summed E-state index contributed by atoms with van der Waals surface area (Å²) >= 11 is 0. The van der Waals surface area contributed by atoms with Gasteiger partial charge in [-0.3, -0.25) is 0 Å². The van der Waals surface area contributed by atoms with Crippen molar-refractivity contribution in [2.24, 2.45) is 4.99 Å². The van der Waals surface area contributed by atoms with Gasteiger partial charge >= 0.3 is 6.03 Å². The number of hydrogen-bond donors (Lipinski definition) is 1. The quantitative estimate of drug-likeness (QED) is 0.535. The van der Waals surface area contributed by atoms with E-state index in [9.17, 15) is 9.18 Å². The normalized spacial score (nSPS) is 17.3. The summed E-state index contributed by atoms with van der Waals surface area (Å²) in [5.41, 5.74) is 3.26. The van der Waals surface area contributed by atoms with E-state index < -0.39 is 0 Å². The molecular formula is C26H25FN4O2. The minimum Gasteiger partial charge on any atom is -0.454 e. The highest BCUT2D eigenvalue weighted by atomic mass is 19.1. The summed E-state index contributed by atoms with van der Waals surface area (Å²) < 4.78 is 19.7. The average Bonchev–Trinajstić information content (AvgIpc) is 2.95. The number of halogens is 1. The molecule has 1 N–H and O–H groups in total. The van der Waals surface area contributed by atoms with Crippen molar-refractivity contribution in [2.45, 2.75) is 19.9 Å². The second-order valence-electron chi connectivity index (χ2n) is 8.43. The summed E-state index contributed by atoms with van der Waals surface area (Å²) in [6.07, 6.45) is 0. The maximum Gasteiger partial charge on any atom is 0.322 e. The maximum atomic E-state index is 13.5. The van der Waals surface area contributed by atoms with Crippen LogP contribution in [0.1, 0.15) is 18.1 Å². The van der Waals surface area contributed by atoms with E-state index in [1.54, 1.807) is 17.0 Å². The van der Waals surface area contributed by atoms with Crippen LogP contribution < -0.4 is 10.1 Å². The van der Waals surface area contributed by atoms with Crippen LogP contribution in [-0.2, 0) is 0 Å². The molecule has 0 aromatic heterocycles. The van der Waals surface area contributed by atoms with Crippen molar-refractivity contribution in [3.05, 3.63) is 83.7 Å². The number of ether oxygens (including phenoxy) is 1. The first-order valence-electron chi connectivity index (χ1n) is 11.0. The first-order chi connectivity index (χ1) is 16.0. The van der Waals surface area contributed by atoms with Gasteiger partial charge in [0.05, 0.1) is 5.56 Å². The molecule has 2 heterocycles.